The van der Waals surface area contributed by atoms with Gasteiger partial charge in [0.15, 0.2) is 6.19 Å². The number of amides is 1. The number of carbonyl (C=O) groups excluding carboxylic acids is 1. The van der Waals surface area contributed by atoms with Gasteiger partial charge >= 0.3 is 0 Å². The van der Waals surface area contributed by atoms with E-state index in [1.807, 2.05) is 5.32 Å². The molecule has 3 nitrogen and oxygen atoms in total. The summed E-state index contributed by atoms with van der Waals surface area (Å²) >= 11 is 3.59. The van der Waals surface area contributed by atoms with Crippen LogP contribution in [0.15, 0.2) is 0 Å². The molecule has 0 aromatic rings. The van der Waals surface area contributed by atoms with Crippen molar-refractivity contribution in [2.45, 2.75) is 0 Å². The molecule has 0 radical (unpaired) electrons. The minimum atomic E-state index is -0.370. The van der Waals surface area contributed by atoms with Crippen molar-refractivity contribution in [3.8, 4) is 6.19 Å². The quantitative estimate of drug-likeness (QED) is 0.276. The fourth-order valence-electron chi connectivity index (χ4n) is 0.102. The first-order chi connectivity index (χ1) is 3.31. The lowest BCUT2D eigenvalue weighted by molar-refractivity contribution is -0.117. The smallest absolute Gasteiger partial charge is 0.242 e. The third kappa shape index (κ3) is 3.13. The summed E-state index contributed by atoms with van der Waals surface area (Å²) in [5.74, 6) is -0.307. The first kappa shape index (κ1) is 6.31. The van der Waals surface area contributed by atoms with Gasteiger partial charge in [-0.15, -0.1) is 0 Å². The van der Waals surface area contributed by atoms with E-state index in [0.717, 1.165) is 0 Å². The first-order valence-electron chi connectivity index (χ1n) is 1.60. The molecule has 0 aromatic heterocycles. The van der Waals surface area contributed by atoms with Crippen LogP contribution in [0.4, 0.5) is 0 Å². The van der Waals surface area contributed by atoms with E-state index >= 15 is 0 Å². The van der Waals surface area contributed by atoms with Crippen LogP contribution in [-0.4, -0.2) is 11.7 Å². The number of nitrogens with zero attached hydrogens (tertiary/aromatic N) is 1. The second-order valence-electron chi connectivity index (χ2n) is 0.818. The number of rotatable bonds is 1. The topological polar surface area (TPSA) is 52.9 Å². The van der Waals surface area contributed by atoms with Crippen LogP contribution in [-0.2, 0) is 4.79 Å². The number of hydrogen-bond acceptors (Lipinski definition) is 3. The highest BCUT2D eigenvalue weighted by molar-refractivity contribution is 7.81. The Labute approximate surface area is 46.7 Å². The number of carbonyl (C=O) groups is 1. The molecule has 1 amide bonds. The third-order valence-electron chi connectivity index (χ3n) is 0.339. The van der Waals surface area contributed by atoms with Crippen molar-refractivity contribution in [1.82, 2.24) is 5.32 Å². The van der Waals surface area contributed by atoms with E-state index in [-0.39, 0.29) is 11.7 Å². The standard InChI is InChI=1S/C3H4N2OS/c4-2-5-3(6)1-7/h7H,1H2,(H,5,6). The van der Waals surface area contributed by atoms with Gasteiger partial charge in [0.25, 0.3) is 0 Å². The molecule has 0 fully saturated rings. The number of nitrogens with one attached hydrogen (secondary N) is 1. The molecule has 0 aromatic carbocycles. The lowest BCUT2D eigenvalue weighted by Gasteiger charge is -1.83. The van der Waals surface area contributed by atoms with Gasteiger partial charge in [0, 0.05) is 0 Å². The normalized spacial score (nSPS) is 6.86. The predicted octanol–water partition coefficient (Wildman–Crippen LogP) is -0.487. The maximum absolute atomic E-state index is 10.0. The lowest BCUT2D eigenvalue weighted by Crippen LogP contribution is -2.17. The molecule has 0 bridgehead atoms. The molecule has 0 unspecified atom stereocenters. The molecule has 7 heavy (non-hydrogen) atoms. The molecule has 0 saturated carbocycles. The van der Waals surface area contributed by atoms with E-state index in [4.69, 9.17) is 5.26 Å². The monoisotopic (exact) mass is 116 g/mol. The summed E-state index contributed by atoms with van der Waals surface area (Å²) in [5, 5.41) is 9.64. The summed E-state index contributed by atoms with van der Waals surface area (Å²) in [5.41, 5.74) is 0. The lowest BCUT2D eigenvalue weighted by atomic mass is 10.7. The molecule has 4 heteroatoms. The average molecular weight is 116 g/mol. The highest BCUT2D eigenvalue weighted by atomic mass is 32.1. The summed E-state index contributed by atoms with van der Waals surface area (Å²) < 4.78 is 0. The minimum absolute atomic E-state index is 0.0631. The van der Waals surface area contributed by atoms with Gasteiger partial charge in [0.05, 0.1) is 5.75 Å². The van der Waals surface area contributed by atoms with Crippen molar-refractivity contribution in [2.24, 2.45) is 0 Å². The van der Waals surface area contributed by atoms with Crippen molar-refractivity contribution in [3.05, 3.63) is 0 Å². The number of hydrogen-bond donors (Lipinski definition) is 2. The molecule has 0 saturated heterocycles. The van der Waals surface area contributed by atoms with Crippen LogP contribution in [0.25, 0.3) is 0 Å². The number of nitriles is 1. The Morgan fingerprint density at radius 2 is 2.57 bits per heavy atom. The van der Waals surface area contributed by atoms with Crippen LogP contribution in [0.2, 0.25) is 0 Å². The van der Waals surface area contributed by atoms with Gasteiger partial charge in [0.2, 0.25) is 5.91 Å². The summed E-state index contributed by atoms with van der Waals surface area (Å²) in [6, 6.07) is 0. The Morgan fingerprint density at radius 3 is 2.71 bits per heavy atom. The maximum atomic E-state index is 10.0. The minimum Gasteiger partial charge on any atom is -0.273 e. The van der Waals surface area contributed by atoms with Gasteiger partial charge in [-0.3, -0.25) is 10.1 Å². The molecule has 1 N–H and O–H groups in total. The van der Waals surface area contributed by atoms with Crippen molar-refractivity contribution in [1.29, 1.82) is 5.26 Å². The zero-order chi connectivity index (χ0) is 5.70. The molecule has 38 valence electrons. The van der Waals surface area contributed by atoms with Crippen LogP contribution in [0.5, 0.6) is 0 Å². The van der Waals surface area contributed by atoms with Crippen molar-refractivity contribution >= 4 is 18.5 Å². The van der Waals surface area contributed by atoms with E-state index in [1.54, 1.807) is 0 Å². The first-order valence-corrected chi connectivity index (χ1v) is 2.23. The molecule has 0 rings (SSSR count). The van der Waals surface area contributed by atoms with Crippen LogP contribution in [0, 0.1) is 11.5 Å². The molecule has 0 aliphatic carbocycles. The molecule has 0 heterocycles. The van der Waals surface area contributed by atoms with Gasteiger partial charge in [0.1, 0.15) is 0 Å². The largest absolute Gasteiger partial charge is 0.273 e. The van der Waals surface area contributed by atoms with E-state index in [0.29, 0.717) is 0 Å². The van der Waals surface area contributed by atoms with Crippen LogP contribution >= 0.6 is 12.6 Å². The van der Waals surface area contributed by atoms with E-state index < -0.39 is 0 Å². The fourth-order valence-corrected chi connectivity index (χ4v) is 0.181. The van der Waals surface area contributed by atoms with Gasteiger partial charge < -0.3 is 0 Å². The van der Waals surface area contributed by atoms with Crippen LogP contribution in [0.3, 0.4) is 0 Å². The van der Waals surface area contributed by atoms with E-state index in [9.17, 15) is 4.79 Å². The van der Waals surface area contributed by atoms with Crippen LogP contribution in [0.1, 0.15) is 0 Å². The van der Waals surface area contributed by atoms with E-state index in [2.05, 4.69) is 12.6 Å². The SMILES string of the molecule is N#CNC(=O)CS. The van der Waals surface area contributed by atoms with Gasteiger partial charge in [-0.05, 0) is 0 Å². The molecule has 0 aliphatic heterocycles. The average Bonchev–Trinajstić information content (AvgIpc) is 1.68. The Morgan fingerprint density at radius 1 is 2.00 bits per heavy atom. The zero-order valence-corrected chi connectivity index (χ0v) is 4.40. The second kappa shape index (κ2) is 3.50. The molecular formula is C3H4N2OS. The fraction of sp³-hybridized carbons (Fsp3) is 0.333. The highest BCUT2D eigenvalue weighted by Crippen LogP contribution is 1.68. The van der Waals surface area contributed by atoms with Gasteiger partial charge in [-0.1, -0.05) is 0 Å². The molecular weight excluding hydrogens is 112 g/mol. The Hall–Kier alpha value is -0.690. The Bertz CT molecular complexity index is 106. The third-order valence-corrected chi connectivity index (χ3v) is 0.626. The van der Waals surface area contributed by atoms with E-state index in [1.165, 1.54) is 6.19 Å². The molecule has 0 atom stereocenters. The second-order valence-corrected chi connectivity index (χ2v) is 1.13. The van der Waals surface area contributed by atoms with Crippen molar-refractivity contribution in [3.63, 3.8) is 0 Å². The molecule has 0 aliphatic rings. The maximum Gasteiger partial charge on any atom is 0.242 e. The van der Waals surface area contributed by atoms with Gasteiger partial charge in [-0.25, -0.2) is 0 Å². The molecule has 0 spiro atoms. The zero-order valence-electron chi connectivity index (χ0n) is 3.51. The summed E-state index contributed by atoms with van der Waals surface area (Å²) in [7, 11) is 0. The summed E-state index contributed by atoms with van der Waals surface area (Å²) in [4.78, 5) is 10.0. The Balaban J connectivity index is 3.23. The Kier molecular flexibility index (Phi) is 3.15. The number of thiol groups is 1. The van der Waals surface area contributed by atoms with Crippen LogP contribution < -0.4 is 5.32 Å². The summed E-state index contributed by atoms with van der Waals surface area (Å²) in [6.07, 6.45) is 1.47. The summed E-state index contributed by atoms with van der Waals surface area (Å²) in [6.45, 7) is 0. The van der Waals surface area contributed by atoms with Crippen molar-refractivity contribution < 1.29 is 4.79 Å². The highest BCUT2D eigenvalue weighted by Gasteiger charge is 1.89. The van der Waals surface area contributed by atoms with Crippen molar-refractivity contribution in [2.75, 3.05) is 5.75 Å². The predicted molar refractivity (Wildman–Crippen MR) is 27.6 cm³/mol. The van der Waals surface area contributed by atoms with Gasteiger partial charge in [-0.2, -0.15) is 17.9 Å².